The minimum Gasteiger partial charge on any atom is -0.380 e. The van der Waals surface area contributed by atoms with Gasteiger partial charge in [0.15, 0.2) is 0 Å². The molecule has 2 nitrogen and oxygen atoms in total. The van der Waals surface area contributed by atoms with Crippen molar-refractivity contribution in [3.8, 4) is 0 Å². The first-order chi connectivity index (χ1) is 8.19. The van der Waals surface area contributed by atoms with Gasteiger partial charge in [-0.1, -0.05) is 12.8 Å². The summed E-state index contributed by atoms with van der Waals surface area (Å²) in [4.78, 5) is 0. The molecule has 0 radical (unpaired) electrons. The highest BCUT2D eigenvalue weighted by molar-refractivity contribution is 5.45. The molecule has 17 heavy (non-hydrogen) atoms. The fourth-order valence-electron chi connectivity index (χ4n) is 2.40. The van der Waals surface area contributed by atoms with Crippen LogP contribution in [0.15, 0.2) is 18.2 Å². The number of nitrogens with one attached hydrogen (secondary N) is 1. The zero-order chi connectivity index (χ0) is 12.3. The highest BCUT2D eigenvalue weighted by Gasteiger charge is 2.24. The van der Waals surface area contributed by atoms with Crippen LogP contribution in [-0.4, -0.2) is 19.3 Å². The van der Waals surface area contributed by atoms with Crippen LogP contribution in [-0.2, 0) is 4.74 Å². The summed E-state index contributed by atoms with van der Waals surface area (Å²) in [5.74, 6) is -1.12. The number of anilines is 1. The van der Waals surface area contributed by atoms with Crippen LogP contribution in [0.1, 0.15) is 25.7 Å². The van der Waals surface area contributed by atoms with Gasteiger partial charge < -0.3 is 10.1 Å². The lowest BCUT2D eigenvalue weighted by Gasteiger charge is -2.31. The van der Waals surface area contributed by atoms with Gasteiger partial charge in [0, 0.05) is 18.9 Å². The van der Waals surface area contributed by atoms with E-state index in [2.05, 4.69) is 5.32 Å². The predicted octanol–water partition coefficient (Wildman–Crippen LogP) is 3.33. The van der Waals surface area contributed by atoms with E-state index >= 15 is 0 Å². The third-order valence-corrected chi connectivity index (χ3v) is 3.22. The quantitative estimate of drug-likeness (QED) is 0.876. The summed E-state index contributed by atoms with van der Waals surface area (Å²) in [6.07, 6.45) is 4.35. The molecule has 1 N–H and O–H groups in total. The largest absolute Gasteiger partial charge is 0.380 e. The first-order valence-electron chi connectivity index (χ1n) is 5.94. The Kier molecular flexibility index (Phi) is 3.94. The maximum Gasteiger partial charge on any atom is 0.128 e. The Bertz CT molecular complexity index is 363. The Morgan fingerprint density at radius 3 is 2.41 bits per heavy atom. The van der Waals surface area contributed by atoms with Gasteiger partial charge in [-0.3, -0.25) is 0 Å². The van der Waals surface area contributed by atoms with Crippen LogP contribution in [0.25, 0.3) is 0 Å². The van der Waals surface area contributed by atoms with E-state index in [0.29, 0.717) is 5.69 Å². The lowest BCUT2D eigenvalue weighted by Crippen LogP contribution is -2.37. The van der Waals surface area contributed by atoms with E-state index in [0.717, 1.165) is 31.7 Å². The number of hydrogen-bond donors (Lipinski definition) is 1. The molecule has 94 valence electrons. The molecule has 1 aromatic carbocycles. The molecule has 1 aliphatic carbocycles. The second-order valence-corrected chi connectivity index (χ2v) is 4.47. The molecule has 2 unspecified atom stereocenters. The maximum absolute atomic E-state index is 13.0. The van der Waals surface area contributed by atoms with Gasteiger partial charge in [-0.05, 0) is 25.0 Å². The number of methoxy groups -OCH3 is 1. The van der Waals surface area contributed by atoms with E-state index in [1.165, 1.54) is 12.1 Å². The molecule has 1 aliphatic rings. The van der Waals surface area contributed by atoms with Crippen LogP contribution in [0.4, 0.5) is 14.5 Å². The van der Waals surface area contributed by atoms with Gasteiger partial charge in [0.05, 0.1) is 12.1 Å². The van der Waals surface area contributed by atoms with Crippen molar-refractivity contribution in [1.29, 1.82) is 0 Å². The second-order valence-electron chi connectivity index (χ2n) is 4.47. The standard InChI is InChI=1S/C13H17F2NO/c1-17-13-5-3-2-4-12(13)16-11-7-9(14)6-10(15)8-11/h6-8,12-13,16H,2-5H2,1H3. The van der Waals surface area contributed by atoms with Crippen molar-refractivity contribution in [2.24, 2.45) is 0 Å². The number of rotatable bonds is 3. The molecule has 1 fully saturated rings. The summed E-state index contributed by atoms with van der Waals surface area (Å²) >= 11 is 0. The molecular formula is C13H17F2NO. The number of halogens is 2. The minimum atomic E-state index is -0.558. The van der Waals surface area contributed by atoms with Gasteiger partial charge >= 0.3 is 0 Å². The van der Waals surface area contributed by atoms with Crippen LogP contribution in [0.2, 0.25) is 0 Å². The SMILES string of the molecule is COC1CCCCC1Nc1cc(F)cc(F)c1. The van der Waals surface area contributed by atoms with E-state index in [4.69, 9.17) is 4.74 Å². The van der Waals surface area contributed by atoms with Crippen molar-refractivity contribution >= 4 is 5.69 Å². The highest BCUT2D eigenvalue weighted by atomic mass is 19.1. The topological polar surface area (TPSA) is 21.3 Å². The maximum atomic E-state index is 13.0. The summed E-state index contributed by atoms with van der Waals surface area (Å²) in [6, 6.07) is 3.63. The average molecular weight is 241 g/mol. The Labute approximate surface area is 100.0 Å². The lowest BCUT2D eigenvalue weighted by molar-refractivity contribution is 0.0606. The minimum absolute atomic E-state index is 0.120. The number of ether oxygens (including phenoxy) is 1. The summed E-state index contributed by atoms with van der Waals surface area (Å²) in [7, 11) is 1.68. The fraction of sp³-hybridized carbons (Fsp3) is 0.538. The molecule has 2 atom stereocenters. The van der Waals surface area contributed by atoms with E-state index in [9.17, 15) is 8.78 Å². The van der Waals surface area contributed by atoms with Gasteiger partial charge in [-0.25, -0.2) is 8.78 Å². The Morgan fingerprint density at radius 2 is 1.76 bits per heavy atom. The smallest absolute Gasteiger partial charge is 0.128 e. The van der Waals surface area contributed by atoms with Gasteiger partial charge in [-0.2, -0.15) is 0 Å². The van der Waals surface area contributed by atoms with Gasteiger partial charge in [0.25, 0.3) is 0 Å². The van der Waals surface area contributed by atoms with E-state index in [1.807, 2.05) is 0 Å². The fourth-order valence-corrected chi connectivity index (χ4v) is 2.40. The molecule has 0 bridgehead atoms. The predicted molar refractivity (Wildman–Crippen MR) is 63.0 cm³/mol. The van der Waals surface area contributed by atoms with Crippen molar-refractivity contribution in [3.63, 3.8) is 0 Å². The molecule has 0 aliphatic heterocycles. The molecule has 1 saturated carbocycles. The van der Waals surface area contributed by atoms with Crippen molar-refractivity contribution in [3.05, 3.63) is 29.8 Å². The van der Waals surface area contributed by atoms with Crippen molar-refractivity contribution in [2.45, 2.75) is 37.8 Å². The van der Waals surface area contributed by atoms with E-state index < -0.39 is 11.6 Å². The third kappa shape index (κ3) is 3.16. The zero-order valence-corrected chi connectivity index (χ0v) is 9.88. The first-order valence-corrected chi connectivity index (χ1v) is 5.94. The van der Waals surface area contributed by atoms with Crippen molar-refractivity contribution in [1.82, 2.24) is 0 Å². The molecule has 4 heteroatoms. The van der Waals surface area contributed by atoms with Crippen LogP contribution in [0.3, 0.4) is 0 Å². The van der Waals surface area contributed by atoms with Gasteiger partial charge in [0.1, 0.15) is 11.6 Å². The average Bonchev–Trinajstić information content (AvgIpc) is 2.28. The zero-order valence-electron chi connectivity index (χ0n) is 9.88. The molecular weight excluding hydrogens is 224 g/mol. The van der Waals surface area contributed by atoms with Crippen molar-refractivity contribution < 1.29 is 13.5 Å². The number of benzene rings is 1. The molecule has 2 rings (SSSR count). The van der Waals surface area contributed by atoms with Crippen LogP contribution in [0, 0.1) is 11.6 Å². The molecule has 0 saturated heterocycles. The summed E-state index contributed by atoms with van der Waals surface area (Å²) in [6.45, 7) is 0. The Balaban J connectivity index is 2.08. The first kappa shape index (κ1) is 12.3. The Hall–Kier alpha value is -1.16. The number of hydrogen-bond acceptors (Lipinski definition) is 2. The molecule has 0 aromatic heterocycles. The van der Waals surface area contributed by atoms with Crippen LogP contribution >= 0.6 is 0 Å². The Morgan fingerprint density at radius 1 is 1.12 bits per heavy atom. The van der Waals surface area contributed by atoms with Crippen LogP contribution < -0.4 is 5.32 Å². The second kappa shape index (κ2) is 5.45. The molecule has 0 heterocycles. The van der Waals surface area contributed by atoms with Crippen LogP contribution in [0.5, 0.6) is 0 Å². The third-order valence-electron chi connectivity index (χ3n) is 3.22. The van der Waals surface area contributed by atoms with E-state index in [-0.39, 0.29) is 12.1 Å². The summed E-state index contributed by atoms with van der Waals surface area (Å²) in [5.41, 5.74) is 0.483. The van der Waals surface area contributed by atoms with Crippen molar-refractivity contribution in [2.75, 3.05) is 12.4 Å². The summed E-state index contributed by atoms with van der Waals surface area (Å²) in [5, 5.41) is 3.16. The van der Waals surface area contributed by atoms with E-state index in [1.54, 1.807) is 7.11 Å². The molecule has 1 aromatic rings. The monoisotopic (exact) mass is 241 g/mol. The highest BCUT2D eigenvalue weighted by Crippen LogP contribution is 2.24. The van der Waals surface area contributed by atoms with Gasteiger partial charge in [-0.15, -0.1) is 0 Å². The molecule has 0 amide bonds. The normalized spacial score (nSPS) is 24.6. The summed E-state index contributed by atoms with van der Waals surface area (Å²) < 4.78 is 31.5. The van der Waals surface area contributed by atoms with Gasteiger partial charge in [0.2, 0.25) is 0 Å². The molecule has 0 spiro atoms. The lowest BCUT2D eigenvalue weighted by atomic mass is 9.92.